The van der Waals surface area contributed by atoms with Crippen LogP contribution in [0.3, 0.4) is 0 Å². The number of aromatic nitrogens is 4. The molecule has 14 nitrogen and oxygen atoms in total. The maximum atomic E-state index is 12.0. The van der Waals surface area contributed by atoms with Crippen molar-refractivity contribution in [3.63, 3.8) is 0 Å². The van der Waals surface area contributed by atoms with Crippen LogP contribution in [0.25, 0.3) is 11.2 Å². The highest BCUT2D eigenvalue weighted by atomic mass is 32.3. The molecule has 0 amide bonds. The first-order valence-corrected chi connectivity index (χ1v) is 13.9. The number of alkyl halides is 6. The molecule has 3 heterocycles. The smallest absolute Gasteiger partial charge is 0.459 e. The molecule has 0 spiro atoms. The number of ether oxygens (including phenoxy) is 2. The van der Waals surface area contributed by atoms with Gasteiger partial charge in [-0.1, -0.05) is 18.2 Å². The van der Waals surface area contributed by atoms with E-state index in [4.69, 9.17) is 9.47 Å². The predicted octanol–water partition coefficient (Wildman–Crippen LogP) is 1.64. The number of rotatable bonds is 6. The van der Waals surface area contributed by atoms with Crippen LogP contribution in [0.2, 0.25) is 0 Å². The number of benzene rings is 1. The minimum absolute atomic E-state index is 0.0783. The summed E-state index contributed by atoms with van der Waals surface area (Å²) in [5.74, 6) is -0.0205. The van der Waals surface area contributed by atoms with Crippen LogP contribution >= 0.6 is 0 Å². The fraction of sp³-hybridized carbons (Fsp3) is 0.400. The lowest BCUT2D eigenvalue weighted by atomic mass is 10.2. The van der Waals surface area contributed by atoms with E-state index in [0.29, 0.717) is 17.0 Å². The summed E-state index contributed by atoms with van der Waals surface area (Å²) in [6, 6.07) is 8.60. The molecule has 1 aliphatic rings. The number of hydrogen-bond acceptors (Lipinski definition) is 12. The minimum atomic E-state index is -6.85. The number of aliphatic hydroxyl groups is 1. The van der Waals surface area contributed by atoms with Gasteiger partial charge in [0.2, 0.25) is 0 Å². The third-order valence-electron chi connectivity index (χ3n) is 5.20. The van der Waals surface area contributed by atoms with Crippen molar-refractivity contribution in [3.05, 3.63) is 58.4 Å². The molecule has 1 aromatic carbocycles. The van der Waals surface area contributed by atoms with Crippen LogP contribution in [-0.4, -0.2) is 77.3 Å². The van der Waals surface area contributed by atoms with Gasteiger partial charge in [-0.3, -0.25) is 9.36 Å². The number of esters is 1. The predicted molar refractivity (Wildman–Crippen MR) is 125 cm³/mol. The lowest BCUT2D eigenvalue weighted by Gasteiger charge is -2.16. The number of halogens is 6. The monoisotopic (exact) mass is 652 g/mol. The number of fused-ring (bicyclic) bond motifs is 1. The molecule has 3 atom stereocenters. The van der Waals surface area contributed by atoms with Crippen LogP contribution in [0.5, 0.6) is 0 Å². The van der Waals surface area contributed by atoms with E-state index in [1.54, 1.807) is 35.8 Å². The van der Waals surface area contributed by atoms with Gasteiger partial charge in [0, 0.05) is 6.42 Å². The average Bonchev–Trinajstić information content (AvgIpc) is 3.44. The van der Waals surface area contributed by atoms with Gasteiger partial charge >= 0.3 is 37.2 Å². The molecule has 0 bridgehead atoms. The Kier molecular flexibility index (Phi) is 9.36. The second-order valence-corrected chi connectivity index (χ2v) is 11.5. The van der Waals surface area contributed by atoms with Crippen molar-refractivity contribution >= 4 is 37.4 Å². The van der Waals surface area contributed by atoms with Crippen molar-refractivity contribution in [3.8, 4) is 0 Å². The minimum Gasteiger partial charge on any atom is -0.459 e. The van der Waals surface area contributed by atoms with Crippen LogP contribution in [0.1, 0.15) is 28.8 Å². The fourth-order valence-corrected chi connectivity index (χ4v) is 4.85. The number of aromatic amines is 1. The number of H-pyrrole nitrogens is 1. The van der Waals surface area contributed by atoms with E-state index in [1.165, 1.54) is 6.33 Å². The van der Waals surface area contributed by atoms with Crippen molar-refractivity contribution in [2.24, 2.45) is 0 Å². The number of nitrogens with one attached hydrogen (secondary N) is 1. The fourth-order valence-electron chi connectivity index (χ4n) is 3.29. The Labute approximate surface area is 231 Å². The molecule has 0 saturated carbocycles. The summed E-state index contributed by atoms with van der Waals surface area (Å²) >= 11 is 0. The second kappa shape index (κ2) is 11.9. The van der Waals surface area contributed by atoms with Gasteiger partial charge in [0.05, 0.1) is 18.0 Å². The molecule has 0 radical (unpaired) electrons. The van der Waals surface area contributed by atoms with Crippen LogP contribution in [-0.2, 0) is 33.3 Å². The topological polar surface area (TPSA) is 197 Å². The van der Waals surface area contributed by atoms with E-state index in [1.807, 2.05) is 9.70 Å². The Balaban J connectivity index is 0.000000277. The summed E-state index contributed by atoms with van der Waals surface area (Å²) in [6.07, 6.45) is -0.323. The molecule has 232 valence electrons. The molecule has 1 aliphatic heterocycles. The highest BCUT2D eigenvalue weighted by Crippen LogP contribution is 2.32. The number of carbonyl (C=O) groups excluding carboxylic acids is 1. The van der Waals surface area contributed by atoms with Crippen LogP contribution in [0.4, 0.5) is 26.3 Å². The van der Waals surface area contributed by atoms with Gasteiger partial charge in [0.15, 0.2) is 11.2 Å². The van der Waals surface area contributed by atoms with E-state index in [0.717, 1.165) is 0 Å². The molecule has 0 aliphatic carbocycles. The first-order valence-electron chi connectivity index (χ1n) is 11.1. The van der Waals surface area contributed by atoms with Gasteiger partial charge < -0.3 is 19.6 Å². The first-order chi connectivity index (χ1) is 19.2. The molecule has 4 rings (SSSR count). The third kappa shape index (κ3) is 7.42. The summed E-state index contributed by atoms with van der Waals surface area (Å²) < 4.78 is 123. The zero-order valence-electron chi connectivity index (χ0n) is 20.7. The molecular formula is C20H18F6N4O10S2. The van der Waals surface area contributed by atoms with Gasteiger partial charge in [-0.25, -0.2) is 14.8 Å². The highest BCUT2D eigenvalue weighted by Gasteiger charge is 2.57. The Morgan fingerprint density at radius 2 is 1.67 bits per heavy atom. The van der Waals surface area contributed by atoms with E-state index in [2.05, 4.69) is 15.0 Å². The second-order valence-electron chi connectivity index (χ2n) is 8.24. The van der Waals surface area contributed by atoms with E-state index < -0.39 is 55.7 Å². The van der Waals surface area contributed by atoms with Gasteiger partial charge in [-0.15, -0.1) is 3.63 Å². The molecule has 1 fully saturated rings. The molecule has 1 saturated heterocycles. The summed E-state index contributed by atoms with van der Waals surface area (Å²) in [4.78, 5) is 35.0. The third-order valence-corrected chi connectivity index (χ3v) is 7.77. The Hall–Kier alpha value is -3.60. The van der Waals surface area contributed by atoms with Crippen molar-refractivity contribution in [2.75, 3.05) is 6.61 Å². The maximum absolute atomic E-state index is 12.0. The van der Waals surface area contributed by atoms with Gasteiger partial charge in [-0.05, 0) is 19.1 Å². The van der Waals surface area contributed by atoms with E-state index in [-0.39, 0.29) is 24.1 Å². The molecule has 3 aromatic rings. The molecular weight excluding hydrogens is 634 g/mol. The first kappa shape index (κ1) is 32.9. The number of hydrogen-bond donors (Lipinski definition) is 2. The Bertz CT molecular complexity index is 1660. The van der Waals surface area contributed by atoms with Crippen molar-refractivity contribution in [2.45, 2.75) is 42.8 Å². The molecule has 42 heavy (non-hydrogen) atoms. The van der Waals surface area contributed by atoms with Gasteiger partial charge in [0.1, 0.15) is 24.8 Å². The lowest BCUT2D eigenvalue weighted by molar-refractivity contribution is -0.0586. The molecule has 2 N–H and O–H groups in total. The summed E-state index contributed by atoms with van der Waals surface area (Å²) in [6.45, 7) is 1.60. The summed E-state index contributed by atoms with van der Waals surface area (Å²) in [5.41, 5.74) is -11.8. The summed E-state index contributed by atoms with van der Waals surface area (Å²) in [7, 11) is -13.7. The van der Waals surface area contributed by atoms with Crippen LogP contribution in [0, 0.1) is 6.92 Å². The normalized spacial score (nSPS) is 19.8. The Morgan fingerprint density at radius 3 is 2.21 bits per heavy atom. The summed E-state index contributed by atoms with van der Waals surface area (Å²) in [5, 5.41) is 10.3. The number of aryl methyl sites for hydroxylation is 1. The lowest BCUT2D eigenvalue weighted by Crippen LogP contribution is -2.34. The Morgan fingerprint density at radius 1 is 1.10 bits per heavy atom. The number of carbonyl (C=O) groups is 1. The van der Waals surface area contributed by atoms with E-state index >= 15 is 0 Å². The number of imidazole rings is 1. The molecule has 2 aromatic heterocycles. The van der Waals surface area contributed by atoms with Crippen LogP contribution in [0.15, 0.2) is 41.5 Å². The van der Waals surface area contributed by atoms with Crippen LogP contribution < -0.4 is 5.56 Å². The zero-order chi connectivity index (χ0) is 31.7. The molecule has 22 heteroatoms. The highest BCUT2D eigenvalue weighted by molar-refractivity contribution is 8.00. The van der Waals surface area contributed by atoms with Crippen molar-refractivity contribution in [1.29, 1.82) is 0 Å². The quantitative estimate of drug-likeness (QED) is 0.222. The maximum Gasteiger partial charge on any atom is 0.524 e. The largest absolute Gasteiger partial charge is 0.524 e. The molecule has 0 unspecified atom stereocenters. The van der Waals surface area contributed by atoms with E-state index in [9.17, 15) is 57.9 Å². The zero-order valence-corrected chi connectivity index (χ0v) is 22.3. The number of nitrogens with zero attached hydrogens (tertiary/aromatic N) is 3. The van der Waals surface area contributed by atoms with Gasteiger partial charge in [-0.2, -0.15) is 43.2 Å². The van der Waals surface area contributed by atoms with Crippen molar-refractivity contribution < 1.29 is 66.2 Å². The SMILES string of the molecule is Cc1nc2c(ncn2[C@H]2C[C@@H](O)[C@@H](COC(=O)c3ccccc3)O2)c(=O)[nH]1.O=S(=O)(OS(=O)(=O)C(F)(F)F)C(F)(F)F. The average molecular weight is 653 g/mol. The standard InChI is InChI=1S/C18H18N4O5.C2F6O5S2/c1-10-20-16-15(17(24)21-10)19-9-22(16)14-7-12(23)13(27-14)8-26-18(25)11-5-3-2-4-6-11;3-1(4,5)14(9,10)13-15(11,12)2(6,7)8/h2-6,9,12-14,23H,7-8H2,1H3,(H,20,21,24);/t12-,13-,14-;/m1./s1. The van der Waals surface area contributed by atoms with Gasteiger partial charge in [0.25, 0.3) is 5.56 Å². The number of aliphatic hydroxyl groups excluding tert-OH is 1. The van der Waals surface area contributed by atoms with Crippen molar-refractivity contribution in [1.82, 2.24) is 19.5 Å².